The van der Waals surface area contributed by atoms with Crippen LogP contribution in [-0.2, 0) is 11.3 Å². The number of hydrogen-bond acceptors (Lipinski definition) is 4. The first-order valence-electron chi connectivity index (χ1n) is 7.27. The zero-order valence-corrected chi connectivity index (χ0v) is 13.5. The van der Waals surface area contributed by atoms with E-state index in [1.54, 1.807) is 4.90 Å². The van der Waals surface area contributed by atoms with Crippen LogP contribution in [0, 0.1) is 5.41 Å². The second-order valence-corrected chi connectivity index (χ2v) is 6.13. The molecule has 6 nitrogen and oxygen atoms in total. The highest BCUT2D eigenvalue weighted by Gasteiger charge is 2.22. The zero-order chi connectivity index (χ0) is 16.0. The van der Waals surface area contributed by atoms with Crippen molar-refractivity contribution in [2.45, 2.75) is 47.6 Å². The molecule has 1 rings (SSSR count). The van der Waals surface area contributed by atoms with Gasteiger partial charge >= 0.3 is 0 Å². The number of amides is 2. The lowest BCUT2D eigenvalue weighted by Crippen LogP contribution is -2.33. The molecule has 1 aromatic rings. The van der Waals surface area contributed by atoms with Crippen molar-refractivity contribution in [1.82, 2.24) is 15.2 Å². The van der Waals surface area contributed by atoms with E-state index >= 15 is 0 Å². The molecule has 1 heterocycles. The second kappa shape index (κ2) is 7.24. The molecule has 0 aromatic carbocycles. The maximum absolute atomic E-state index is 12.2. The monoisotopic (exact) mass is 295 g/mol. The number of nitrogens with zero attached hydrogens (tertiary/aromatic N) is 2. The summed E-state index contributed by atoms with van der Waals surface area (Å²) in [7, 11) is 0. The van der Waals surface area contributed by atoms with E-state index in [1.165, 1.54) is 6.26 Å². The summed E-state index contributed by atoms with van der Waals surface area (Å²) in [5.74, 6) is 0.166. The third-order valence-corrected chi connectivity index (χ3v) is 2.86. The van der Waals surface area contributed by atoms with Crippen LogP contribution in [0.1, 0.15) is 57.4 Å². The SMILES string of the molecule is CCNC(=O)c1coc(CN(CC)C(=O)CC(C)(C)C)n1. The van der Waals surface area contributed by atoms with Crippen LogP contribution < -0.4 is 5.32 Å². The summed E-state index contributed by atoms with van der Waals surface area (Å²) in [4.78, 5) is 29.6. The summed E-state index contributed by atoms with van der Waals surface area (Å²) in [6.45, 7) is 11.2. The van der Waals surface area contributed by atoms with Gasteiger partial charge in [0.2, 0.25) is 11.8 Å². The number of carbonyl (C=O) groups excluding carboxylic acids is 2. The lowest BCUT2D eigenvalue weighted by Gasteiger charge is -2.24. The van der Waals surface area contributed by atoms with Crippen molar-refractivity contribution in [3.8, 4) is 0 Å². The predicted octanol–water partition coefficient (Wildman–Crippen LogP) is 2.21. The molecule has 0 radical (unpaired) electrons. The molecule has 0 fully saturated rings. The number of carbonyl (C=O) groups is 2. The molecule has 0 spiro atoms. The van der Waals surface area contributed by atoms with Gasteiger partial charge in [-0.2, -0.15) is 0 Å². The summed E-state index contributed by atoms with van der Waals surface area (Å²) in [6, 6.07) is 0. The average molecular weight is 295 g/mol. The van der Waals surface area contributed by atoms with Gasteiger partial charge in [-0.1, -0.05) is 20.8 Å². The van der Waals surface area contributed by atoms with Crippen LogP contribution in [0.4, 0.5) is 0 Å². The fourth-order valence-electron chi connectivity index (χ4n) is 1.84. The smallest absolute Gasteiger partial charge is 0.273 e. The Balaban J connectivity index is 2.70. The Morgan fingerprint density at radius 3 is 2.52 bits per heavy atom. The Labute approximate surface area is 125 Å². The van der Waals surface area contributed by atoms with E-state index in [0.717, 1.165) is 0 Å². The third-order valence-electron chi connectivity index (χ3n) is 2.86. The van der Waals surface area contributed by atoms with Gasteiger partial charge in [-0.15, -0.1) is 0 Å². The van der Waals surface area contributed by atoms with Crippen molar-refractivity contribution in [3.05, 3.63) is 17.8 Å². The highest BCUT2D eigenvalue weighted by atomic mass is 16.3. The van der Waals surface area contributed by atoms with E-state index in [9.17, 15) is 9.59 Å². The first-order chi connectivity index (χ1) is 9.76. The predicted molar refractivity (Wildman–Crippen MR) is 79.7 cm³/mol. The van der Waals surface area contributed by atoms with Crippen molar-refractivity contribution < 1.29 is 14.0 Å². The van der Waals surface area contributed by atoms with Crippen molar-refractivity contribution >= 4 is 11.8 Å². The minimum atomic E-state index is -0.267. The Bertz CT molecular complexity index is 489. The van der Waals surface area contributed by atoms with Crippen molar-refractivity contribution in [2.75, 3.05) is 13.1 Å². The normalized spacial score (nSPS) is 11.3. The fraction of sp³-hybridized carbons (Fsp3) is 0.667. The molecule has 0 saturated carbocycles. The molecule has 0 bridgehead atoms. The van der Waals surface area contributed by atoms with Gasteiger partial charge in [0, 0.05) is 19.5 Å². The summed E-state index contributed by atoms with van der Waals surface area (Å²) >= 11 is 0. The molecule has 0 aliphatic carbocycles. The van der Waals surface area contributed by atoms with Crippen LogP contribution in [0.25, 0.3) is 0 Å². The van der Waals surface area contributed by atoms with Gasteiger partial charge in [-0.25, -0.2) is 4.98 Å². The van der Waals surface area contributed by atoms with Gasteiger partial charge in [-0.3, -0.25) is 9.59 Å². The number of oxazole rings is 1. The highest BCUT2D eigenvalue weighted by molar-refractivity contribution is 5.91. The van der Waals surface area contributed by atoms with Gasteiger partial charge in [0.05, 0.1) is 6.54 Å². The van der Waals surface area contributed by atoms with Crippen molar-refractivity contribution in [3.63, 3.8) is 0 Å². The Morgan fingerprint density at radius 1 is 1.33 bits per heavy atom. The van der Waals surface area contributed by atoms with Gasteiger partial charge in [-0.05, 0) is 19.3 Å². The van der Waals surface area contributed by atoms with E-state index in [4.69, 9.17) is 4.42 Å². The Hall–Kier alpha value is -1.85. The molecule has 0 unspecified atom stereocenters. The van der Waals surface area contributed by atoms with Gasteiger partial charge in [0.15, 0.2) is 5.69 Å². The molecule has 1 N–H and O–H groups in total. The molecular weight excluding hydrogens is 270 g/mol. The van der Waals surface area contributed by atoms with Gasteiger partial charge in [0.1, 0.15) is 6.26 Å². The van der Waals surface area contributed by atoms with E-state index in [2.05, 4.69) is 10.3 Å². The summed E-state index contributed by atoms with van der Waals surface area (Å²) < 4.78 is 5.28. The maximum Gasteiger partial charge on any atom is 0.273 e. The second-order valence-electron chi connectivity index (χ2n) is 6.13. The van der Waals surface area contributed by atoms with Crippen molar-refractivity contribution in [1.29, 1.82) is 0 Å². The first-order valence-corrected chi connectivity index (χ1v) is 7.27. The minimum absolute atomic E-state index is 0.0581. The number of rotatable bonds is 6. The highest BCUT2D eigenvalue weighted by Crippen LogP contribution is 2.20. The molecule has 118 valence electrons. The van der Waals surface area contributed by atoms with Crippen molar-refractivity contribution in [2.24, 2.45) is 5.41 Å². The number of hydrogen-bond donors (Lipinski definition) is 1. The molecule has 1 aromatic heterocycles. The number of aromatic nitrogens is 1. The van der Waals surface area contributed by atoms with Crippen LogP contribution in [-0.4, -0.2) is 34.8 Å². The van der Waals surface area contributed by atoms with Crippen LogP contribution in [0.5, 0.6) is 0 Å². The van der Waals surface area contributed by atoms with Gasteiger partial charge in [0.25, 0.3) is 5.91 Å². The molecular formula is C15H25N3O3. The topological polar surface area (TPSA) is 75.4 Å². The standard InChI is InChI=1S/C15H25N3O3/c1-6-16-14(20)11-10-21-12(17-11)9-18(7-2)13(19)8-15(3,4)5/h10H,6-9H2,1-5H3,(H,16,20). The van der Waals surface area contributed by atoms with Crippen LogP contribution >= 0.6 is 0 Å². The summed E-state index contributed by atoms with van der Waals surface area (Å²) in [6.07, 6.45) is 1.78. The number of nitrogens with one attached hydrogen (secondary N) is 1. The molecule has 6 heteroatoms. The largest absolute Gasteiger partial charge is 0.446 e. The molecule has 0 aliphatic rings. The van der Waals surface area contributed by atoms with E-state index in [1.807, 2.05) is 34.6 Å². The molecule has 2 amide bonds. The molecule has 21 heavy (non-hydrogen) atoms. The third kappa shape index (κ3) is 5.57. The first kappa shape index (κ1) is 17.2. The summed E-state index contributed by atoms with van der Waals surface area (Å²) in [5.41, 5.74) is 0.180. The lowest BCUT2D eigenvalue weighted by atomic mass is 9.91. The Morgan fingerprint density at radius 2 is 2.00 bits per heavy atom. The maximum atomic E-state index is 12.2. The van der Waals surface area contributed by atoms with Gasteiger partial charge < -0.3 is 14.6 Å². The van der Waals surface area contributed by atoms with Crippen LogP contribution in [0.2, 0.25) is 0 Å². The quantitative estimate of drug-likeness (QED) is 0.873. The average Bonchev–Trinajstić information content (AvgIpc) is 2.82. The van der Waals surface area contributed by atoms with Crippen LogP contribution in [0.15, 0.2) is 10.7 Å². The van der Waals surface area contributed by atoms with Crippen LogP contribution in [0.3, 0.4) is 0 Å². The van der Waals surface area contributed by atoms with E-state index in [-0.39, 0.29) is 29.5 Å². The minimum Gasteiger partial charge on any atom is -0.446 e. The zero-order valence-electron chi connectivity index (χ0n) is 13.5. The molecule has 0 aliphatic heterocycles. The Kier molecular flexibility index (Phi) is 5.93. The van der Waals surface area contributed by atoms with E-state index < -0.39 is 0 Å². The lowest BCUT2D eigenvalue weighted by molar-refractivity contribution is -0.133. The van der Waals surface area contributed by atoms with E-state index in [0.29, 0.717) is 25.4 Å². The fourth-order valence-corrected chi connectivity index (χ4v) is 1.84. The summed E-state index contributed by atoms with van der Waals surface area (Å²) in [5, 5.41) is 2.65. The molecule has 0 atom stereocenters. The molecule has 0 saturated heterocycles.